The number of nitrogens with zero attached hydrogens (tertiary/aromatic N) is 1. The van der Waals surface area contributed by atoms with Gasteiger partial charge in [-0.15, -0.1) is 11.3 Å². The van der Waals surface area contributed by atoms with Crippen LogP contribution in [0, 0.1) is 13.8 Å². The molecule has 0 radical (unpaired) electrons. The van der Waals surface area contributed by atoms with Gasteiger partial charge in [0.2, 0.25) is 0 Å². The first-order valence-corrected chi connectivity index (χ1v) is 6.63. The molecule has 3 nitrogen and oxygen atoms in total. The summed E-state index contributed by atoms with van der Waals surface area (Å²) >= 11 is 1.25. The van der Waals surface area contributed by atoms with Crippen molar-refractivity contribution in [3.8, 4) is 0 Å². The van der Waals surface area contributed by atoms with Gasteiger partial charge in [-0.25, -0.2) is 9.78 Å². The molecule has 0 atom stereocenters. The van der Waals surface area contributed by atoms with Gasteiger partial charge in [0.05, 0.1) is 10.7 Å². The van der Waals surface area contributed by atoms with Gasteiger partial charge < -0.3 is 5.11 Å². The topological polar surface area (TPSA) is 50.2 Å². The Bertz CT molecular complexity index is 575. The first kappa shape index (κ1) is 12.8. The minimum absolute atomic E-state index is 0.376. The fourth-order valence-corrected chi connectivity index (χ4v) is 2.75. The monoisotopic (exact) mass is 261 g/mol. The highest BCUT2D eigenvalue weighted by Crippen LogP contribution is 2.20. The molecule has 0 amide bonds. The second-order valence-electron chi connectivity index (χ2n) is 4.24. The standard InChI is InChI=1S/C14H15NO2S/c1-9-5-3-4-6-11(9)7-8-12-13(14(16)17)18-10(2)15-12/h3-6H,7-8H2,1-2H3,(H,16,17). The van der Waals surface area contributed by atoms with Crippen LogP contribution in [0.15, 0.2) is 24.3 Å². The second-order valence-corrected chi connectivity index (χ2v) is 5.44. The lowest BCUT2D eigenvalue weighted by Crippen LogP contribution is -2.01. The molecule has 0 aliphatic rings. The molecule has 2 aromatic rings. The Hall–Kier alpha value is -1.68. The summed E-state index contributed by atoms with van der Waals surface area (Å²) in [6.07, 6.45) is 1.51. The number of aromatic carboxylic acids is 1. The van der Waals surface area contributed by atoms with Gasteiger partial charge in [-0.3, -0.25) is 0 Å². The van der Waals surface area contributed by atoms with Gasteiger partial charge in [0.1, 0.15) is 4.88 Å². The molecule has 1 aromatic carbocycles. The second kappa shape index (κ2) is 5.31. The third kappa shape index (κ3) is 2.76. The summed E-state index contributed by atoms with van der Waals surface area (Å²) in [4.78, 5) is 15.8. The summed E-state index contributed by atoms with van der Waals surface area (Å²) in [6, 6.07) is 8.16. The molecule has 0 unspecified atom stereocenters. The molecule has 94 valence electrons. The lowest BCUT2D eigenvalue weighted by Gasteiger charge is -2.04. The molecule has 0 bridgehead atoms. The van der Waals surface area contributed by atoms with Crippen molar-refractivity contribution in [3.05, 3.63) is 51.0 Å². The fourth-order valence-electron chi connectivity index (χ4n) is 1.95. The Balaban J connectivity index is 2.16. The smallest absolute Gasteiger partial charge is 0.347 e. The van der Waals surface area contributed by atoms with Crippen LogP contribution < -0.4 is 0 Å². The summed E-state index contributed by atoms with van der Waals surface area (Å²) in [5.74, 6) is -0.875. The number of thiazole rings is 1. The Labute approximate surface area is 110 Å². The number of hydrogen-bond acceptors (Lipinski definition) is 3. The summed E-state index contributed by atoms with van der Waals surface area (Å²) in [5.41, 5.74) is 3.19. The van der Waals surface area contributed by atoms with Gasteiger partial charge in [0.15, 0.2) is 0 Å². The van der Waals surface area contributed by atoms with Crippen LogP contribution in [0.5, 0.6) is 0 Å². The van der Waals surface area contributed by atoms with Crippen molar-refractivity contribution < 1.29 is 9.90 Å². The molecule has 4 heteroatoms. The molecule has 0 saturated carbocycles. The van der Waals surface area contributed by atoms with E-state index in [4.69, 9.17) is 5.11 Å². The minimum Gasteiger partial charge on any atom is -0.477 e. The number of aryl methyl sites for hydroxylation is 4. The summed E-state index contributed by atoms with van der Waals surface area (Å²) < 4.78 is 0. The van der Waals surface area contributed by atoms with E-state index in [2.05, 4.69) is 24.0 Å². The molecule has 0 fully saturated rings. The van der Waals surface area contributed by atoms with E-state index in [1.54, 1.807) is 0 Å². The van der Waals surface area contributed by atoms with Crippen LogP contribution >= 0.6 is 11.3 Å². The number of carboxylic acid groups (broad SMARTS) is 1. The van der Waals surface area contributed by atoms with E-state index >= 15 is 0 Å². The summed E-state index contributed by atoms with van der Waals surface area (Å²) in [5, 5.41) is 9.91. The number of rotatable bonds is 4. The first-order valence-electron chi connectivity index (χ1n) is 5.82. The van der Waals surface area contributed by atoms with Gasteiger partial charge in [-0.2, -0.15) is 0 Å². The van der Waals surface area contributed by atoms with E-state index in [9.17, 15) is 4.79 Å². The molecule has 1 N–H and O–H groups in total. The van der Waals surface area contributed by atoms with Crippen LogP contribution in [-0.4, -0.2) is 16.1 Å². The zero-order valence-electron chi connectivity index (χ0n) is 10.4. The van der Waals surface area contributed by atoms with Gasteiger partial charge in [0.25, 0.3) is 0 Å². The quantitative estimate of drug-likeness (QED) is 0.919. The van der Waals surface area contributed by atoms with E-state index < -0.39 is 5.97 Å². The molecule has 1 aromatic heterocycles. The molecule has 0 spiro atoms. The molecule has 0 saturated heterocycles. The van der Waals surface area contributed by atoms with Crippen LogP contribution in [0.3, 0.4) is 0 Å². The third-order valence-electron chi connectivity index (χ3n) is 2.89. The van der Waals surface area contributed by atoms with Crippen molar-refractivity contribution in [2.24, 2.45) is 0 Å². The van der Waals surface area contributed by atoms with Gasteiger partial charge in [0, 0.05) is 0 Å². The number of hydrogen-bond donors (Lipinski definition) is 1. The Kier molecular flexibility index (Phi) is 3.77. The minimum atomic E-state index is -0.875. The average Bonchev–Trinajstić information content (AvgIpc) is 2.70. The van der Waals surface area contributed by atoms with Crippen LogP contribution in [-0.2, 0) is 12.8 Å². The summed E-state index contributed by atoms with van der Waals surface area (Å²) in [6.45, 7) is 3.91. The first-order chi connectivity index (χ1) is 8.58. The van der Waals surface area contributed by atoms with Gasteiger partial charge in [-0.1, -0.05) is 24.3 Å². The molecule has 18 heavy (non-hydrogen) atoms. The van der Waals surface area contributed by atoms with Gasteiger partial charge >= 0.3 is 5.97 Å². The van der Waals surface area contributed by atoms with E-state index in [1.807, 2.05) is 19.1 Å². The molecule has 0 aliphatic heterocycles. The lowest BCUT2D eigenvalue weighted by atomic mass is 10.0. The molecular weight excluding hydrogens is 246 g/mol. The van der Waals surface area contributed by atoms with Crippen LogP contribution in [0.25, 0.3) is 0 Å². The molecular formula is C14H15NO2S. The zero-order chi connectivity index (χ0) is 13.1. The van der Waals surface area contributed by atoms with Crippen molar-refractivity contribution >= 4 is 17.3 Å². The van der Waals surface area contributed by atoms with Crippen molar-refractivity contribution in [2.75, 3.05) is 0 Å². The van der Waals surface area contributed by atoms with E-state index in [0.29, 0.717) is 17.0 Å². The lowest BCUT2D eigenvalue weighted by molar-refractivity contribution is 0.0700. The highest BCUT2D eigenvalue weighted by molar-refractivity contribution is 7.13. The maximum Gasteiger partial charge on any atom is 0.347 e. The van der Waals surface area contributed by atoms with Crippen LogP contribution in [0.1, 0.15) is 31.5 Å². The molecule has 0 aliphatic carbocycles. The number of carboxylic acids is 1. The Morgan fingerprint density at radius 3 is 2.67 bits per heavy atom. The Morgan fingerprint density at radius 1 is 1.28 bits per heavy atom. The van der Waals surface area contributed by atoms with E-state index in [0.717, 1.165) is 11.4 Å². The predicted octanol–water partition coefficient (Wildman–Crippen LogP) is 3.24. The molecule has 1 heterocycles. The van der Waals surface area contributed by atoms with Crippen molar-refractivity contribution in [1.82, 2.24) is 4.98 Å². The van der Waals surface area contributed by atoms with E-state index in [1.165, 1.54) is 22.5 Å². The highest BCUT2D eigenvalue weighted by Gasteiger charge is 2.15. The van der Waals surface area contributed by atoms with E-state index in [-0.39, 0.29) is 0 Å². The SMILES string of the molecule is Cc1nc(CCc2ccccc2C)c(C(=O)O)s1. The fraction of sp³-hybridized carbons (Fsp3) is 0.286. The number of aromatic nitrogens is 1. The van der Waals surface area contributed by atoms with Crippen molar-refractivity contribution in [1.29, 1.82) is 0 Å². The Morgan fingerprint density at radius 2 is 2.00 bits per heavy atom. The van der Waals surface area contributed by atoms with Crippen molar-refractivity contribution in [3.63, 3.8) is 0 Å². The average molecular weight is 261 g/mol. The van der Waals surface area contributed by atoms with Crippen LogP contribution in [0.4, 0.5) is 0 Å². The largest absolute Gasteiger partial charge is 0.477 e. The summed E-state index contributed by atoms with van der Waals surface area (Å²) in [7, 11) is 0. The predicted molar refractivity (Wildman–Crippen MR) is 72.4 cm³/mol. The zero-order valence-corrected chi connectivity index (χ0v) is 11.3. The number of benzene rings is 1. The third-order valence-corrected chi connectivity index (χ3v) is 3.89. The van der Waals surface area contributed by atoms with Gasteiger partial charge in [-0.05, 0) is 37.8 Å². The number of carbonyl (C=O) groups is 1. The maximum absolute atomic E-state index is 11.1. The highest BCUT2D eigenvalue weighted by atomic mass is 32.1. The molecule has 2 rings (SSSR count). The normalized spacial score (nSPS) is 10.6. The van der Waals surface area contributed by atoms with Crippen molar-refractivity contribution in [2.45, 2.75) is 26.7 Å². The van der Waals surface area contributed by atoms with Crippen LogP contribution in [0.2, 0.25) is 0 Å². The maximum atomic E-state index is 11.1.